The number of esters is 1. The molecule has 0 spiro atoms. The average molecular weight is 536 g/mol. The van der Waals surface area contributed by atoms with Gasteiger partial charge in [-0.3, -0.25) is 29.4 Å². The molecule has 1 unspecified atom stereocenters. The summed E-state index contributed by atoms with van der Waals surface area (Å²) >= 11 is 0. The van der Waals surface area contributed by atoms with Crippen LogP contribution in [-0.2, 0) is 32.2 Å². The Morgan fingerprint density at radius 1 is 1.08 bits per heavy atom. The predicted octanol–water partition coefficient (Wildman–Crippen LogP) is 1.01. The number of hydrogen-bond donors (Lipinski definition) is 3. The maximum absolute atomic E-state index is 13.0. The maximum Gasteiger partial charge on any atom is 0.325 e. The minimum absolute atomic E-state index is 0.163. The third kappa shape index (κ3) is 6.41. The molecule has 3 N–H and O–H groups in total. The van der Waals surface area contributed by atoms with Gasteiger partial charge in [-0.05, 0) is 35.7 Å². The van der Waals surface area contributed by atoms with Gasteiger partial charge in [-0.1, -0.05) is 18.2 Å². The summed E-state index contributed by atoms with van der Waals surface area (Å²) in [6.45, 7) is 3.15. The van der Waals surface area contributed by atoms with Gasteiger partial charge in [-0.25, -0.2) is 4.79 Å². The second-order valence-corrected chi connectivity index (χ2v) is 9.59. The normalized spacial score (nSPS) is 19.3. The van der Waals surface area contributed by atoms with Gasteiger partial charge in [0.1, 0.15) is 11.8 Å². The molecule has 12 heteroatoms. The summed E-state index contributed by atoms with van der Waals surface area (Å²) in [5, 5.41) is 7.75. The molecule has 204 valence electrons. The minimum atomic E-state index is -0.677. The first kappa shape index (κ1) is 26.3. The molecule has 5 amide bonds. The van der Waals surface area contributed by atoms with Gasteiger partial charge in [0, 0.05) is 49.9 Å². The van der Waals surface area contributed by atoms with E-state index in [1.54, 1.807) is 30.3 Å². The summed E-state index contributed by atoms with van der Waals surface area (Å²) in [7, 11) is 0. The number of piperidine rings is 1. The van der Waals surface area contributed by atoms with E-state index in [0.717, 1.165) is 5.56 Å². The first-order valence-corrected chi connectivity index (χ1v) is 12.8. The van der Waals surface area contributed by atoms with E-state index < -0.39 is 18.0 Å². The molecule has 39 heavy (non-hydrogen) atoms. The minimum Gasteiger partial charge on any atom is -0.426 e. The number of carbonyl (C=O) groups is 5. The topological polar surface area (TPSA) is 146 Å². The highest BCUT2D eigenvalue weighted by Crippen LogP contribution is 2.28. The zero-order chi connectivity index (χ0) is 27.4. The number of nitrogens with one attached hydrogen (secondary N) is 3. The number of morpholine rings is 1. The second-order valence-electron chi connectivity index (χ2n) is 9.59. The molecule has 0 aliphatic carbocycles. The highest BCUT2D eigenvalue weighted by molar-refractivity contribution is 6.05. The van der Waals surface area contributed by atoms with E-state index in [4.69, 9.17) is 9.47 Å². The summed E-state index contributed by atoms with van der Waals surface area (Å²) in [6, 6.07) is 10.7. The number of anilines is 1. The Balaban J connectivity index is 1.12. The highest BCUT2D eigenvalue weighted by atomic mass is 16.5. The second kappa shape index (κ2) is 11.6. The molecule has 2 fully saturated rings. The molecule has 3 heterocycles. The van der Waals surface area contributed by atoms with E-state index in [0.29, 0.717) is 61.8 Å². The molecule has 12 nitrogen and oxygen atoms in total. The molecule has 2 aromatic carbocycles. The molecule has 3 aliphatic heterocycles. The summed E-state index contributed by atoms with van der Waals surface area (Å²) in [5.41, 5.74) is 2.44. The third-order valence-electron chi connectivity index (χ3n) is 6.83. The number of urea groups is 1. The Kier molecular flexibility index (Phi) is 7.84. The largest absolute Gasteiger partial charge is 0.426 e. The molecule has 5 rings (SSSR count). The number of ether oxygens (including phenoxy) is 2. The van der Waals surface area contributed by atoms with Crippen LogP contribution < -0.4 is 20.7 Å². The van der Waals surface area contributed by atoms with Crippen LogP contribution >= 0.6 is 0 Å². The van der Waals surface area contributed by atoms with Crippen molar-refractivity contribution < 1.29 is 33.4 Å². The van der Waals surface area contributed by atoms with E-state index in [-0.39, 0.29) is 37.3 Å². The molecule has 1 atom stereocenters. The van der Waals surface area contributed by atoms with Crippen molar-refractivity contribution in [1.82, 2.24) is 20.4 Å². The fraction of sp³-hybridized carbons (Fsp3) is 0.370. The molecule has 2 aromatic rings. The van der Waals surface area contributed by atoms with Crippen LogP contribution in [-0.4, -0.2) is 78.4 Å². The number of amides is 5. The average Bonchev–Trinajstić information content (AvgIpc) is 3.23. The van der Waals surface area contributed by atoms with Crippen LogP contribution in [0, 0.1) is 0 Å². The molecule has 0 saturated carbocycles. The van der Waals surface area contributed by atoms with Crippen molar-refractivity contribution in [3.05, 3.63) is 59.2 Å². The fourth-order valence-corrected chi connectivity index (χ4v) is 4.81. The van der Waals surface area contributed by atoms with E-state index >= 15 is 0 Å². The number of benzene rings is 2. The van der Waals surface area contributed by atoms with Crippen molar-refractivity contribution in [2.45, 2.75) is 32.0 Å². The van der Waals surface area contributed by atoms with Gasteiger partial charge in [-0.2, -0.15) is 0 Å². The smallest absolute Gasteiger partial charge is 0.325 e. The Morgan fingerprint density at radius 2 is 1.90 bits per heavy atom. The lowest BCUT2D eigenvalue weighted by Gasteiger charge is -2.29. The lowest BCUT2D eigenvalue weighted by molar-refractivity contribution is -0.138. The van der Waals surface area contributed by atoms with Gasteiger partial charge in [0.2, 0.25) is 11.8 Å². The lowest BCUT2D eigenvalue weighted by atomic mass is 10.0. The Labute approximate surface area is 224 Å². The first-order chi connectivity index (χ1) is 18.9. The van der Waals surface area contributed by atoms with Crippen LogP contribution in [0.25, 0.3) is 0 Å². The SMILES string of the molecule is O=C1CCC(N2Cc3ccc(CNC(=O)Nc4cccc(OC(=O)CN5CCOCC5)c4)cc3C2=O)C(=O)N1. The molecule has 0 bridgehead atoms. The molecule has 0 radical (unpaired) electrons. The van der Waals surface area contributed by atoms with E-state index in [1.807, 2.05) is 17.0 Å². The fourth-order valence-electron chi connectivity index (χ4n) is 4.81. The zero-order valence-electron chi connectivity index (χ0n) is 21.2. The van der Waals surface area contributed by atoms with Crippen molar-refractivity contribution >= 4 is 35.4 Å². The van der Waals surface area contributed by atoms with Crippen molar-refractivity contribution in [2.24, 2.45) is 0 Å². The van der Waals surface area contributed by atoms with Crippen LogP contribution in [0.15, 0.2) is 42.5 Å². The number of fused-ring (bicyclic) bond motifs is 1. The van der Waals surface area contributed by atoms with Crippen LogP contribution in [0.2, 0.25) is 0 Å². The van der Waals surface area contributed by atoms with E-state index in [1.165, 1.54) is 4.90 Å². The van der Waals surface area contributed by atoms with Gasteiger partial charge in [-0.15, -0.1) is 0 Å². The Morgan fingerprint density at radius 3 is 2.69 bits per heavy atom. The number of carbonyl (C=O) groups excluding carboxylic acids is 5. The highest BCUT2D eigenvalue weighted by Gasteiger charge is 2.39. The summed E-state index contributed by atoms with van der Waals surface area (Å²) in [5.74, 6) is -1.12. The molecule has 3 aliphatic rings. The van der Waals surface area contributed by atoms with Crippen molar-refractivity contribution in [1.29, 1.82) is 0 Å². The maximum atomic E-state index is 13.0. The number of hydrogen-bond acceptors (Lipinski definition) is 8. The third-order valence-corrected chi connectivity index (χ3v) is 6.83. The van der Waals surface area contributed by atoms with Gasteiger partial charge >= 0.3 is 12.0 Å². The molecular weight excluding hydrogens is 506 g/mol. The quantitative estimate of drug-likeness (QED) is 0.271. The van der Waals surface area contributed by atoms with Crippen molar-refractivity contribution in [2.75, 3.05) is 38.2 Å². The van der Waals surface area contributed by atoms with Crippen LogP contribution in [0.1, 0.15) is 34.3 Å². The van der Waals surface area contributed by atoms with Gasteiger partial charge in [0.05, 0.1) is 19.8 Å². The molecule has 0 aromatic heterocycles. The monoisotopic (exact) mass is 535 g/mol. The van der Waals surface area contributed by atoms with E-state index in [9.17, 15) is 24.0 Å². The Hall–Kier alpha value is -4.29. The lowest BCUT2D eigenvalue weighted by Crippen LogP contribution is -2.52. The summed E-state index contributed by atoms with van der Waals surface area (Å²) in [6.07, 6.45) is 0.494. The zero-order valence-corrected chi connectivity index (χ0v) is 21.2. The Bertz CT molecular complexity index is 1310. The number of rotatable bonds is 7. The standard InChI is InChI=1S/C27H29N5O7/c33-23-7-6-22(25(35)30-23)32-15-18-5-4-17(12-21(18)26(32)36)14-28-27(37)29-19-2-1-3-20(13-19)39-24(34)16-31-8-10-38-11-9-31/h1-5,12-13,22H,6-11,14-16H2,(H2,28,29,37)(H,30,33,35). The number of nitrogens with zero attached hydrogens (tertiary/aromatic N) is 2. The van der Waals surface area contributed by atoms with Gasteiger partial charge in [0.15, 0.2) is 0 Å². The molecular formula is C27H29N5O7. The summed E-state index contributed by atoms with van der Waals surface area (Å²) < 4.78 is 10.7. The first-order valence-electron chi connectivity index (χ1n) is 12.8. The number of imide groups is 1. The van der Waals surface area contributed by atoms with Crippen LogP contribution in [0.4, 0.5) is 10.5 Å². The predicted molar refractivity (Wildman–Crippen MR) is 138 cm³/mol. The van der Waals surface area contributed by atoms with Gasteiger partial charge in [0.25, 0.3) is 5.91 Å². The van der Waals surface area contributed by atoms with Crippen LogP contribution in [0.3, 0.4) is 0 Å². The van der Waals surface area contributed by atoms with Gasteiger partial charge < -0.3 is 25.0 Å². The van der Waals surface area contributed by atoms with Crippen molar-refractivity contribution in [3.8, 4) is 5.75 Å². The van der Waals surface area contributed by atoms with Crippen LogP contribution in [0.5, 0.6) is 5.75 Å². The summed E-state index contributed by atoms with van der Waals surface area (Å²) in [4.78, 5) is 64.9. The van der Waals surface area contributed by atoms with E-state index in [2.05, 4.69) is 16.0 Å². The van der Waals surface area contributed by atoms with Crippen molar-refractivity contribution in [3.63, 3.8) is 0 Å². The molecule has 2 saturated heterocycles.